The Morgan fingerprint density at radius 2 is 1.54 bits per heavy atom. The summed E-state index contributed by atoms with van der Waals surface area (Å²) in [4.78, 5) is 0. The van der Waals surface area contributed by atoms with E-state index in [1.54, 1.807) is 0 Å². The fourth-order valence-corrected chi connectivity index (χ4v) is 4.77. The molecule has 0 amide bonds. The first-order valence-corrected chi connectivity index (χ1v) is 10.2. The average molecular weight is 360 g/mol. The van der Waals surface area contributed by atoms with Crippen LogP contribution >= 0.6 is 0 Å². The number of methoxy groups -OCH3 is 1. The van der Waals surface area contributed by atoms with Gasteiger partial charge in [-0.2, -0.15) is 4.39 Å². The molecule has 26 heavy (non-hydrogen) atoms. The molecule has 1 aromatic rings. The van der Waals surface area contributed by atoms with Crippen LogP contribution in [0.2, 0.25) is 0 Å². The lowest BCUT2D eigenvalue weighted by Crippen LogP contribution is -2.25. The third-order valence-corrected chi connectivity index (χ3v) is 6.59. The molecule has 0 spiro atoms. The van der Waals surface area contributed by atoms with Crippen molar-refractivity contribution in [1.82, 2.24) is 0 Å². The van der Waals surface area contributed by atoms with Crippen molar-refractivity contribution in [2.45, 2.75) is 64.7 Å². The molecule has 0 radical (unpaired) electrons. The van der Waals surface area contributed by atoms with Crippen LogP contribution in [0.4, 0.5) is 8.78 Å². The Hall–Kier alpha value is -1.56. The zero-order valence-electron chi connectivity index (χ0n) is 16.0. The number of hydrogen-bond acceptors (Lipinski definition) is 1. The van der Waals surface area contributed by atoms with Gasteiger partial charge in [0.15, 0.2) is 11.6 Å². The topological polar surface area (TPSA) is 9.23 Å². The minimum absolute atomic E-state index is 0.0775. The van der Waals surface area contributed by atoms with Gasteiger partial charge in [-0.3, -0.25) is 0 Å². The highest BCUT2D eigenvalue weighted by Gasteiger charge is 2.30. The van der Waals surface area contributed by atoms with E-state index in [0.717, 1.165) is 30.6 Å². The van der Waals surface area contributed by atoms with Gasteiger partial charge in [0, 0.05) is 5.92 Å². The van der Waals surface area contributed by atoms with Crippen molar-refractivity contribution in [2.75, 3.05) is 7.11 Å². The summed E-state index contributed by atoms with van der Waals surface area (Å²) in [6.45, 7) is 2.31. The van der Waals surface area contributed by atoms with Gasteiger partial charge in [-0.15, -0.1) is 0 Å². The highest BCUT2D eigenvalue weighted by Crippen LogP contribution is 2.41. The quantitative estimate of drug-likeness (QED) is 0.571. The predicted octanol–water partition coefficient (Wildman–Crippen LogP) is 6.35. The number of benzene rings is 1. The largest absolute Gasteiger partial charge is 0.494 e. The van der Waals surface area contributed by atoms with Crippen molar-refractivity contribution in [1.29, 1.82) is 0 Å². The van der Waals surface area contributed by atoms with Crippen molar-refractivity contribution in [3.05, 3.63) is 29.3 Å². The van der Waals surface area contributed by atoms with E-state index in [4.69, 9.17) is 4.74 Å². The summed E-state index contributed by atoms with van der Waals surface area (Å²) in [5.74, 6) is 7.12. The van der Waals surface area contributed by atoms with E-state index >= 15 is 0 Å². The van der Waals surface area contributed by atoms with Crippen LogP contribution < -0.4 is 4.74 Å². The number of rotatable bonds is 3. The van der Waals surface area contributed by atoms with E-state index < -0.39 is 11.6 Å². The van der Waals surface area contributed by atoms with Crippen molar-refractivity contribution in [3.8, 4) is 17.6 Å². The second kappa shape index (κ2) is 8.89. The summed E-state index contributed by atoms with van der Waals surface area (Å²) in [7, 11) is 1.33. The maximum atomic E-state index is 14.0. The maximum absolute atomic E-state index is 14.0. The molecule has 1 aromatic carbocycles. The van der Waals surface area contributed by atoms with E-state index in [-0.39, 0.29) is 11.3 Å². The van der Waals surface area contributed by atoms with Crippen LogP contribution in [0.25, 0.3) is 0 Å². The second-order valence-electron chi connectivity index (χ2n) is 8.01. The van der Waals surface area contributed by atoms with E-state index in [0.29, 0.717) is 5.92 Å². The lowest BCUT2D eigenvalue weighted by molar-refractivity contribution is 0.156. The normalized spacial score (nSPS) is 28.9. The fraction of sp³-hybridized carbons (Fsp3) is 0.652. The summed E-state index contributed by atoms with van der Waals surface area (Å²) in [6.07, 6.45) is 11.6. The molecule has 0 heterocycles. The molecular weight excluding hydrogens is 330 g/mol. The van der Waals surface area contributed by atoms with E-state index in [2.05, 4.69) is 18.8 Å². The molecule has 3 heteroatoms. The molecule has 1 nitrogen and oxygen atoms in total. The molecule has 142 valence electrons. The molecule has 0 aromatic heterocycles. The first-order valence-electron chi connectivity index (χ1n) is 10.2. The maximum Gasteiger partial charge on any atom is 0.201 e. The summed E-state index contributed by atoms with van der Waals surface area (Å²) in [5.41, 5.74) is 0.128. The Bertz CT molecular complexity index is 657. The average Bonchev–Trinajstić information content (AvgIpc) is 2.70. The smallest absolute Gasteiger partial charge is 0.201 e. The van der Waals surface area contributed by atoms with Crippen molar-refractivity contribution >= 4 is 0 Å². The Balaban J connectivity index is 1.54. The molecule has 2 aliphatic carbocycles. The van der Waals surface area contributed by atoms with E-state index in [1.165, 1.54) is 64.2 Å². The third kappa shape index (κ3) is 4.40. The molecule has 3 rings (SSSR count). The van der Waals surface area contributed by atoms with Crippen molar-refractivity contribution in [2.24, 2.45) is 23.7 Å². The van der Waals surface area contributed by atoms with Gasteiger partial charge in [-0.1, -0.05) is 38.0 Å². The Morgan fingerprint density at radius 1 is 0.923 bits per heavy atom. The molecule has 0 saturated heterocycles. The zero-order valence-corrected chi connectivity index (χ0v) is 16.0. The van der Waals surface area contributed by atoms with Crippen LogP contribution in [0.5, 0.6) is 5.75 Å². The Morgan fingerprint density at radius 3 is 2.12 bits per heavy atom. The highest BCUT2D eigenvalue weighted by atomic mass is 19.2. The van der Waals surface area contributed by atoms with Crippen LogP contribution in [0, 0.1) is 47.1 Å². The molecule has 2 aliphatic rings. The van der Waals surface area contributed by atoms with Gasteiger partial charge in [-0.25, -0.2) is 4.39 Å². The van der Waals surface area contributed by atoms with Crippen LogP contribution in [0.15, 0.2) is 12.1 Å². The number of hydrogen-bond donors (Lipinski definition) is 0. The monoisotopic (exact) mass is 360 g/mol. The van der Waals surface area contributed by atoms with Gasteiger partial charge >= 0.3 is 0 Å². The van der Waals surface area contributed by atoms with Gasteiger partial charge in [0.1, 0.15) is 0 Å². The van der Waals surface area contributed by atoms with E-state index in [9.17, 15) is 8.78 Å². The van der Waals surface area contributed by atoms with Crippen LogP contribution in [0.1, 0.15) is 70.3 Å². The number of ether oxygens (including phenoxy) is 1. The van der Waals surface area contributed by atoms with Gasteiger partial charge < -0.3 is 4.74 Å². The SMILES string of the molecule is CC[C@H]1CC[C@H]([C@H]2CC[C@H](C#Cc3ccc(OC)c(F)c3F)CC2)CC1. The molecular formula is C23H30F2O. The molecule has 2 fully saturated rings. The summed E-state index contributed by atoms with van der Waals surface area (Å²) in [6, 6.07) is 2.94. The molecule has 0 atom stereocenters. The summed E-state index contributed by atoms with van der Waals surface area (Å²) in [5, 5.41) is 0. The minimum atomic E-state index is -0.953. The molecule has 0 unspecified atom stereocenters. The van der Waals surface area contributed by atoms with Gasteiger partial charge in [0.05, 0.1) is 12.7 Å². The summed E-state index contributed by atoms with van der Waals surface area (Å²) < 4.78 is 32.6. The predicted molar refractivity (Wildman–Crippen MR) is 101 cm³/mol. The van der Waals surface area contributed by atoms with Crippen LogP contribution in [-0.4, -0.2) is 7.11 Å². The van der Waals surface area contributed by atoms with Crippen molar-refractivity contribution in [3.63, 3.8) is 0 Å². The number of halogens is 2. The van der Waals surface area contributed by atoms with Crippen LogP contribution in [0.3, 0.4) is 0 Å². The van der Waals surface area contributed by atoms with Crippen LogP contribution in [-0.2, 0) is 0 Å². The first kappa shape index (κ1) is 19.2. The van der Waals surface area contributed by atoms with Gasteiger partial charge in [0.2, 0.25) is 5.82 Å². The first-order chi connectivity index (χ1) is 12.6. The fourth-order valence-electron chi connectivity index (χ4n) is 4.77. The standard InChI is InChI=1S/C23H30F2O/c1-3-16-4-9-18(10-5-16)19-11-6-17(7-12-19)8-13-20-14-15-21(26-2)23(25)22(20)24/h14-19H,3-7,9-12H2,1-2H3/t16-,17-,18-,19-. The molecule has 0 N–H and O–H groups in total. The summed E-state index contributed by atoms with van der Waals surface area (Å²) >= 11 is 0. The zero-order chi connectivity index (χ0) is 18.5. The van der Waals surface area contributed by atoms with Gasteiger partial charge in [0.25, 0.3) is 0 Å². The molecule has 2 saturated carbocycles. The van der Waals surface area contributed by atoms with Crippen molar-refractivity contribution < 1.29 is 13.5 Å². The third-order valence-electron chi connectivity index (χ3n) is 6.59. The molecule has 0 aliphatic heterocycles. The lowest BCUT2D eigenvalue weighted by atomic mass is 9.69. The van der Waals surface area contributed by atoms with Gasteiger partial charge in [-0.05, 0) is 68.4 Å². The lowest BCUT2D eigenvalue weighted by Gasteiger charge is -2.36. The Kier molecular flexibility index (Phi) is 6.57. The molecule has 0 bridgehead atoms. The Labute approximate surface area is 156 Å². The minimum Gasteiger partial charge on any atom is -0.494 e. The second-order valence-corrected chi connectivity index (χ2v) is 8.01. The van der Waals surface area contributed by atoms with E-state index in [1.807, 2.05) is 0 Å². The highest BCUT2D eigenvalue weighted by molar-refractivity contribution is 5.41.